The maximum atomic E-state index is 4.61. The van der Waals surface area contributed by atoms with Gasteiger partial charge in [-0.15, -0.1) is 0 Å². The van der Waals surface area contributed by atoms with Crippen LogP contribution >= 0.6 is 11.8 Å². The zero-order valence-corrected chi connectivity index (χ0v) is 16.3. The van der Waals surface area contributed by atoms with E-state index in [0.29, 0.717) is 5.92 Å². The highest BCUT2D eigenvalue weighted by Crippen LogP contribution is 2.50. The molecule has 1 aromatic heterocycles. The smallest absolute Gasteiger partial charge is 0.106 e. The second kappa shape index (κ2) is 6.81. The summed E-state index contributed by atoms with van der Waals surface area (Å²) in [6.45, 7) is 7.78. The number of rotatable bonds is 4. The van der Waals surface area contributed by atoms with Crippen LogP contribution in [0.5, 0.6) is 0 Å². The van der Waals surface area contributed by atoms with E-state index in [2.05, 4.69) is 91.3 Å². The van der Waals surface area contributed by atoms with Crippen LogP contribution in [0.1, 0.15) is 32.3 Å². The topological polar surface area (TPSA) is 16.1 Å². The van der Waals surface area contributed by atoms with Crippen LogP contribution in [-0.4, -0.2) is 16.4 Å². The fourth-order valence-electron chi connectivity index (χ4n) is 3.66. The summed E-state index contributed by atoms with van der Waals surface area (Å²) in [6.07, 6.45) is 6.70. The number of hydrogen-bond donors (Lipinski definition) is 0. The van der Waals surface area contributed by atoms with Crippen molar-refractivity contribution in [3.63, 3.8) is 0 Å². The number of hydrogen-bond acceptors (Lipinski definition) is 3. The molecule has 26 heavy (non-hydrogen) atoms. The summed E-state index contributed by atoms with van der Waals surface area (Å²) in [5.74, 6) is 0.326. The van der Waals surface area contributed by atoms with Crippen LogP contribution in [0.15, 0.2) is 77.8 Å². The normalized spacial score (nSPS) is 20.7. The first-order chi connectivity index (χ1) is 12.6. The number of likely N-dealkylation sites (N-methyl/N-ethyl adjacent to an activating group) is 1. The van der Waals surface area contributed by atoms with Crippen molar-refractivity contribution >= 4 is 28.4 Å². The second-order valence-electron chi connectivity index (χ2n) is 6.98. The van der Waals surface area contributed by atoms with Crippen molar-refractivity contribution in [3.8, 4) is 0 Å². The molecule has 2 heterocycles. The van der Waals surface area contributed by atoms with Crippen LogP contribution < -0.4 is 4.90 Å². The first-order valence-electron chi connectivity index (χ1n) is 9.20. The molecule has 3 heteroatoms. The fraction of sp³-hybridized carbons (Fsp3) is 0.261. The van der Waals surface area contributed by atoms with Crippen molar-refractivity contribution in [2.75, 3.05) is 11.4 Å². The van der Waals surface area contributed by atoms with E-state index in [1.54, 1.807) is 0 Å². The largest absolute Gasteiger partial charge is 0.353 e. The lowest BCUT2D eigenvalue weighted by Gasteiger charge is -2.33. The number of aromatic nitrogens is 1. The van der Waals surface area contributed by atoms with Gasteiger partial charge in [-0.3, -0.25) is 4.98 Å². The minimum Gasteiger partial charge on any atom is -0.353 e. The van der Waals surface area contributed by atoms with E-state index in [1.807, 2.05) is 24.0 Å². The Morgan fingerprint density at radius 2 is 1.92 bits per heavy atom. The van der Waals surface area contributed by atoms with Gasteiger partial charge in [-0.05, 0) is 43.7 Å². The van der Waals surface area contributed by atoms with Crippen molar-refractivity contribution in [2.24, 2.45) is 0 Å². The Hall–Kier alpha value is -2.26. The summed E-state index contributed by atoms with van der Waals surface area (Å²) in [4.78, 5) is 8.41. The fourth-order valence-corrected chi connectivity index (χ4v) is 5.02. The summed E-state index contributed by atoms with van der Waals surface area (Å²) in [5.41, 5.74) is 3.65. The quantitative estimate of drug-likeness (QED) is 0.512. The van der Waals surface area contributed by atoms with Gasteiger partial charge in [0.1, 0.15) is 4.87 Å². The molecule has 0 fully saturated rings. The summed E-state index contributed by atoms with van der Waals surface area (Å²) in [7, 11) is 0. The van der Waals surface area contributed by atoms with E-state index in [1.165, 1.54) is 21.5 Å². The van der Waals surface area contributed by atoms with E-state index in [9.17, 15) is 0 Å². The number of benzene rings is 2. The number of thioether (sulfide) groups is 1. The molecule has 0 aliphatic carbocycles. The number of anilines is 1. The molecule has 2 unspecified atom stereocenters. The molecule has 0 bridgehead atoms. The Morgan fingerprint density at radius 3 is 2.77 bits per heavy atom. The van der Waals surface area contributed by atoms with Crippen LogP contribution in [-0.2, 0) is 0 Å². The highest BCUT2D eigenvalue weighted by atomic mass is 32.2. The first-order valence-corrected chi connectivity index (χ1v) is 10.0. The number of allylic oxidation sites excluding steroid dienone is 1. The van der Waals surface area contributed by atoms with Gasteiger partial charge in [0.05, 0.1) is 11.2 Å². The lowest BCUT2D eigenvalue weighted by molar-refractivity contribution is 0.714. The van der Waals surface area contributed by atoms with Crippen LogP contribution in [0, 0.1) is 0 Å². The maximum absolute atomic E-state index is 4.61. The Labute approximate surface area is 159 Å². The molecule has 4 rings (SSSR count). The Balaban J connectivity index is 1.60. The van der Waals surface area contributed by atoms with Crippen molar-refractivity contribution in [3.05, 3.63) is 78.5 Å². The molecule has 1 aliphatic heterocycles. The predicted molar refractivity (Wildman–Crippen MR) is 113 cm³/mol. The third-order valence-corrected chi connectivity index (χ3v) is 6.49. The molecule has 2 nitrogen and oxygen atoms in total. The number of nitrogens with zero attached hydrogens (tertiary/aromatic N) is 2. The number of fused-ring (bicyclic) bond motifs is 2. The minimum absolute atomic E-state index is 0.0447. The van der Waals surface area contributed by atoms with E-state index < -0.39 is 0 Å². The summed E-state index contributed by atoms with van der Waals surface area (Å²) < 4.78 is 0. The molecule has 0 N–H and O–H groups in total. The molecule has 0 spiro atoms. The van der Waals surface area contributed by atoms with Crippen molar-refractivity contribution < 1.29 is 0 Å². The molecule has 2 aromatic carbocycles. The average molecular weight is 361 g/mol. The van der Waals surface area contributed by atoms with Crippen LogP contribution in [0.25, 0.3) is 10.9 Å². The lowest BCUT2D eigenvalue weighted by atomic mass is 10.00. The van der Waals surface area contributed by atoms with Crippen LogP contribution in [0.4, 0.5) is 5.69 Å². The Kier molecular flexibility index (Phi) is 4.49. The van der Waals surface area contributed by atoms with Gasteiger partial charge in [0.15, 0.2) is 0 Å². The molecule has 0 amide bonds. The third kappa shape index (κ3) is 3.01. The van der Waals surface area contributed by atoms with E-state index in [4.69, 9.17) is 0 Å². The van der Waals surface area contributed by atoms with E-state index >= 15 is 0 Å². The van der Waals surface area contributed by atoms with Crippen LogP contribution in [0.2, 0.25) is 0 Å². The molecule has 2 atom stereocenters. The average Bonchev–Trinajstić information content (AvgIpc) is 2.97. The Morgan fingerprint density at radius 1 is 1.15 bits per heavy atom. The SMILES string of the molecule is CCN1c2ccccc2SC1(C)C=CC(C)c1cnc2ccccc2c1. The molecule has 0 radical (unpaired) electrons. The number of pyridine rings is 1. The van der Waals surface area contributed by atoms with Gasteiger partial charge in [0.2, 0.25) is 0 Å². The van der Waals surface area contributed by atoms with Gasteiger partial charge in [0.25, 0.3) is 0 Å². The molecule has 3 aromatic rings. The minimum atomic E-state index is -0.0447. The maximum Gasteiger partial charge on any atom is 0.106 e. The zero-order chi connectivity index (χ0) is 18.1. The second-order valence-corrected chi connectivity index (χ2v) is 8.45. The summed E-state index contributed by atoms with van der Waals surface area (Å²) in [6, 6.07) is 19.2. The van der Waals surface area contributed by atoms with Crippen molar-refractivity contribution in [2.45, 2.75) is 36.5 Å². The van der Waals surface area contributed by atoms with Crippen molar-refractivity contribution in [1.29, 1.82) is 0 Å². The van der Waals surface area contributed by atoms with Gasteiger partial charge in [-0.1, -0.05) is 61.2 Å². The highest BCUT2D eigenvalue weighted by Gasteiger charge is 2.37. The zero-order valence-electron chi connectivity index (χ0n) is 15.5. The van der Waals surface area contributed by atoms with E-state index in [0.717, 1.165) is 12.1 Å². The standard InChI is InChI=1S/C23H24N2S/c1-4-25-21-11-7-8-12-22(21)26-23(25,3)14-13-17(2)19-15-18-9-5-6-10-20(18)24-16-19/h5-17H,4H2,1-3H3. The molecule has 0 saturated heterocycles. The van der Waals surface area contributed by atoms with Crippen LogP contribution in [0.3, 0.4) is 0 Å². The van der Waals surface area contributed by atoms with Gasteiger partial charge >= 0.3 is 0 Å². The van der Waals surface area contributed by atoms with Crippen molar-refractivity contribution in [1.82, 2.24) is 4.98 Å². The lowest BCUT2D eigenvalue weighted by Crippen LogP contribution is -2.38. The summed E-state index contributed by atoms with van der Waals surface area (Å²) in [5, 5.41) is 1.20. The van der Waals surface area contributed by atoms with Gasteiger partial charge < -0.3 is 4.90 Å². The molecule has 1 aliphatic rings. The predicted octanol–water partition coefficient (Wildman–Crippen LogP) is 6.24. The molecular weight excluding hydrogens is 336 g/mol. The first kappa shape index (κ1) is 17.2. The third-order valence-electron chi connectivity index (χ3n) is 5.16. The summed E-state index contributed by atoms with van der Waals surface area (Å²) >= 11 is 1.93. The van der Waals surface area contributed by atoms with E-state index in [-0.39, 0.29) is 4.87 Å². The van der Waals surface area contributed by atoms with Gasteiger partial charge in [-0.25, -0.2) is 0 Å². The van der Waals surface area contributed by atoms with Gasteiger partial charge in [-0.2, -0.15) is 0 Å². The highest BCUT2D eigenvalue weighted by molar-refractivity contribution is 8.01. The molecule has 132 valence electrons. The number of para-hydroxylation sites is 2. The molecule has 0 saturated carbocycles. The van der Waals surface area contributed by atoms with Gasteiger partial charge in [0, 0.05) is 28.9 Å². The molecular formula is C23H24N2S. The Bertz CT molecular complexity index is 965. The monoisotopic (exact) mass is 360 g/mol.